The molecule has 0 spiro atoms. The molecule has 0 bridgehead atoms. The van der Waals surface area contributed by atoms with Gasteiger partial charge in [-0.05, 0) is 19.1 Å². The lowest BCUT2D eigenvalue weighted by molar-refractivity contribution is -0.127. The van der Waals surface area contributed by atoms with Gasteiger partial charge in [-0.1, -0.05) is 18.2 Å². The highest BCUT2D eigenvalue weighted by atomic mass is 16.5. The number of aliphatic imine (C=N–C) groups is 2. The van der Waals surface area contributed by atoms with E-state index in [9.17, 15) is 14.4 Å². The molecule has 0 atom stereocenters. The third kappa shape index (κ3) is 4.88. The van der Waals surface area contributed by atoms with Crippen molar-refractivity contribution in [1.29, 1.82) is 0 Å². The highest BCUT2D eigenvalue weighted by molar-refractivity contribution is 6.45. The Labute approximate surface area is 201 Å². The molecule has 3 N–H and O–H groups in total. The molecule has 11 heteroatoms. The Balaban J connectivity index is 1.52. The molecule has 1 aromatic carbocycles. The first-order valence-corrected chi connectivity index (χ1v) is 10.9. The van der Waals surface area contributed by atoms with Gasteiger partial charge >= 0.3 is 0 Å². The number of nitrogens with zero attached hydrogens (tertiary/aromatic N) is 5. The van der Waals surface area contributed by atoms with Crippen LogP contribution in [0.1, 0.15) is 27.6 Å². The number of H-pyrrole nitrogens is 1. The fraction of sp³-hybridized carbons (Fsp3) is 0.250. The van der Waals surface area contributed by atoms with Crippen LogP contribution in [0, 0.1) is 0 Å². The van der Waals surface area contributed by atoms with E-state index in [4.69, 9.17) is 10.5 Å². The van der Waals surface area contributed by atoms with Crippen LogP contribution in [-0.2, 0) is 4.79 Å². The Hall–Kier alpha value is -4.54. The van der Waals surface area contributed by atoms with Gasteiger partial charge in [-0.25, -0.2) is 15.0 Å². The minimum atomic E-state index is -0.686. The highest BCUT2D eigenvalue weighted by Crippen LogP contribution is 2.33. The Morgan fingerprint density at radius 1 is 1.11 bits per heavy atom. The fourth-order valence-corrected chi connectivity index (χ4v) is 3.85. The van der Waals surface area contributed by atoms with Crippen LogP contribution in [0.2, 0.25) is 0 Å². The zero-order valence-electron chi connectivity index (χ0n) is 19.4. The van der Waals surface area contributed by atoms with Crippen LogP contribution in [-0.4, -0.2) is 82.8 Å². The van der Waals surface area contributed by atoms with E-state index >= 15 is 0 Å². The molecule has 1 aliphatic rings. The number of ether oxygens (including phenoxy) is 1. The van der Waals surface area contributed by atoms with Crippen LogP contribution < -0.4 is 10.5 Å². The molecule has 1 saturated heterocycles. The summed E-state index contributed by atoms with van der Waals surface area (Å²) in [6.07, 6.45) is 4.13. The van der Waals surface area contributed by atoms with Crippen molar-refractivity contribution in [3.05, 3.63) is 53.9 Å². The highest BCUT2D eigenvalue weighted by Gasteiger charge is 2.31. The van der Waals surface area contributed by atoms with Gasteiger partial charge in [-0.15, -0.1) is 0 Å². The van der Waals surface area contributed by atoms with Crippen LogP contribution in [0.4, 0.5) is 5.82 Å². The number of ketones is 1. The van der Waals surface area contributed by atoms with Crippen LogP contribution in [0.5, 0.6) is 5.75 Å². The number of piperazine rings is 1. The quantitative estimate of drug-likeness (QED) is 0.240. The van der Waals surface area contributed by atoms with E-state index in [1.165, 1.54) is 30.7 Å². The maximum absolute atomic E-state index is 13.2. The maximum atomic E-state index is 13.2. The van der Waals surface area contributed by atoms with Crippen molar-refractivity contribution in [2.45, 2.75) is 6.92 Å². The Kier molecular flexibility index (Phi) is 6.86. The minimum Gasteiger partial charge on any atom is -0.494 e. The molecule has 1 aliphatic heterocycles. The summed E-state index contributed by atoms with van der Waals surface area (Å²) in [7, 11) is 1.45. The number of fused-ring (bicyclic) bond motifs is 1. The molecular weight excluding hydrogens is 450 g/mol. The van der Waals surface area contributed by atoms with Crippen molar-refractivity contribution in [2.75, 3.05) is 33.3 Å². The standard InChI is InChI=1S/C24H25N7O4/c1-15(25)28-14-29-22-20-19(18(35-2)13-27-22)17(12-26-20)21(32)24(34)31-10-8-30(9-11-31)23(33)16-6-4-3-5-7-16/h3-7,12-14,26H,8-11H2,1-2H3,(H2,25,27,28,29). The first-order valence-electron chi connectivity index (χ1n) is 10.9. The third-order valence-corrected chi connectivity index (χ3v) is 5.63. The van der Waals surface area contributed by atoms with Gasteiger partial charge < -0.3 is 25.3 Å². The summed E-state index contributed by atoms with van der Waals surface area (Å²) in [5.74, 6) is -0.505. The van der Waals surface area contributed by atoms with Gasteiger partial charge in [0.15, 0.2) is 5.82 Å². The molecular formula is C24H25N7O4. The largest absolute Gasteiger partial charge is 0.494 e. The molecule has 2 aromatic heterocycles. The zero-order valence-corrected chi connectivity index (χ0v) is 19.4. The van der Waals surface area contributed by atoms with Gasteiger partial charge in [0.25, 0.3) is 17.6 Å². The molecule has 0 unspecified atom stereocenters. The number of rotatable bonds is 6. The molecule has 1 fully saturated rings. The van der Waals surface area contributed by atoms with Crippen molar-refractivity contribution in [2.24, 2.45) is 15.7 Å². The first-order chi connectivity index (χ1) is 16.9. The predicted octanol–water partition coefficient (Wildman–Crippen LogP) is 1.78. The minimum absolute atomic E-state index is 0.0971. The lowest BCUT2D eigenvalue weighted by atomic mass is 10.1. The number of methoxy groups -OCH3 is 1. The monoisotopic (exact) mass is 475 g/mol. The van der Waals surface area contributed by atoms with E-state index in [0.717, 1.165) is 0 Å². The normalized spacial score (nSPS) is 14.5. The van der Waals surface area contributed by atoms with Crippen molar-refractivity contribution >= 4 is 46.5 Å². The molecule has 0 aliphatic carbocycles. The molecule has 180 valence electrons. The Bertz CT molecular complexity index is 1320. The number of hydrogen-bond acceptors (Lipinski definition) is 6. The van der Waals surface area contributed by atoms with Gasteiger partial charge in [0.05, 0.1) is 35.6 Å². The number of Topliss-reactive ketones (excluding diaryl/α,β-unsaturated/α-hetero) is 1. The van der Waals surface area contributed by atoms with E-state index in [-0.39, 0.29) is 30.4 Å². The molecule has 3 heterocycles. The van der Waals surface area contributed by atoms with Crippen molar-refractivity contribution < 1.29 is 19.1 Å². The topological polar surface area (TPSA) is 146 Å². The smallest absolute Gasteiger partial charge is 0.295 e. The summed E-state index contributed by atoms with van der Waals surface area (Å²) in [4.78, 5) is 57.3. The summed E-state index contributed by atoms with van der Waals surface area (Å²) in [5.41, 5.74) is 6.70. The average molecular weight is 476 g/mol. The molecule has 4 rings (SSSR count). The Morgan fingerprint density at radius 2 is 1.80 bits per heavy atom. The van der Waals surface area contributed by atoms with Gasteiger partial charge in [-0.3, -0.25) is 14.4 Å². The van der Waals surface area contributed by atoms with E-state index < -0.39 is 11.7 Å². The Morgan fingerprint density at radius 3 is 2.46 bits per heavy atom. The van der Waals surface area contributed by atoms with Gasteiger partial charge in [-0.2, -0.15) is 0 Å². The molecule has 11 nitrogen and oxygen atoms in total. The molecule has 3 aromatic rings. The first kappa shape index (κ1) is 23.6. The van der Waals surface area contributed by atoms with Crippen LogP contribution in [0.15, 0.2) is 52.7 Å². The SMILES string of the molecule is COc1cnc(N=CN=C(C)N)c2[nH]cc(C(=O)C(=O)N3CCN(C(=O)c4ccccc4)CC3)c12. The molecule has 35 heavy (non-hydrogen) atoms. The number of benzene rings is 1. The fourth-order valence-electron chi connectivity index (χ4n) is 3.85. The van der Waals surface area contributed by atoms with Gasteiger partial charge in [0.1, 0.15) is 12.1 Å². The van der Waals surface area contributed by atoms with Crippen molar-refractivity contribution in [3.63, 3.8) is 0 Å². The van der Waals surface area contributed by atoms with Crippen LogP contribution in [0.25, 0.3) is 10.9 Å². The van der Waals surface area contributed by atoms with E-state index in [0.29, 0.717) is 41.1 Å². The predicted molar refractivity (Wildman–Crippen MR) is 131 cm³/mol. The molecule has 0 radical (unpaired) electrons. The van der Waals surface area contributed by atoms with Crippen LogP contribution in [0.3, 0.4) is 0 Å². The number of carbonyl (C=O) groups excluding carboxylic acids is 3. The van der Waals surface area contributed by atoms with Gasteiger partial charge in [0, 0.05) is 37.9 Å². The molecule has 0 saturated carbocycles. The number of carbonyl (C=O) groups is 3. The summed E-state index contributed by atoms with van der Waals surface area (Å²) in [6, 6.07) is 8.97. The van der Waals surface area contributed by atoms with E-state index in [2.05, 4.69) is 20.0 Å². The molecule has 2 amide bonds. The summed E-state index contributed by atoms with van der Waals surface area (Å²) < 4.78 is 5.38. The van der Waals surface area contributed by atoms with Crippen molar-refractivity contribution in [1.82, 2.24) is 19.8 Å². The number of pyridine rings is 1. The summed E-state index contributed by atoms with van der Waals surface area (Å²) in [5, 5.41) is 0.402. The van der Waals surface area contributed by atoms with E-state index in [1.807, 2.05) is 6.07 Å². The van der Waals surface area contributed by atoms with E-state index in [1.54, 1.807) is 36.1 Å². The maximum Gasteiger partial charge on any atom is 0.295 e. The number of nitrogens with two attached hydrogens (primary N) is 1. The second kappa shape index (κ2) is 10.2. The van der Waals surface area contributed by atoms with Crippen LogP contribution >= 0.6 is 0 Å². The number of amides is 2. The number of amidine groups is 1. The summed E-state index contributed by atoms with van der Waals surface area (Å²) in [6.45, 7) is 2.82. The third-order valence-electron chi connectivity index (χ3n) is 5.63. The lowest BCUT2D eigenvalue weighted by Crippen LogP contribution is -2.52. The average Bonchev–Trinajstić information content (AvgIpc) is 3.33. The number of aromatic nitrogens is 2. The van der Waals surface area contributed by atoms with Gasteiger partial charge in [0.2, 0.25) is 0 Å². The second-order valence-corrected chi connectivity index (χ2v) is 7.90. The number of aromatic amines is 1. The second-order valence-electron chi connectivity index (χ2n) is 7.90. The summed E-state index contributed by atoms with van der Waals surface area (Å²) >= 11 is 0. The number of hydrogen-bond donors (Lipinski definition) is 2. The number of nitrogens with one attached hydrogen (secondary N) is 1. The zero-order chi connectivity index (χ0) is 24.9. The lowest BCUT2D eigenvalue weighted by Gasteiger charge is -2.34. The van der Waals surface area contributed by atoms with Crippen molar-refractivity contribution in [3.8, 4) is 5.75 Å².